The van der Waals surface area contributed by atoms with Gasteiger partial charge in [0.2, 0.25) is 11.8 Å². The number of aldehydes is 1. The monoisotopic (exact) mass is 471 g/mol. The third-order valence-electron chi connectivity index (χ3n) is 7.54. The molecular weight excluding hydrogens is 454 g/mol. The molecule has 0 saturated carbocycles. The second-order valence-corrected chi connectivity index (χ2v) is 9.64. The molecule has 31 heavy (non-hydrogen) atoms. The minimum atomic E-state index is -1.18. The zero-order valence-electron chi connectivity index (χ0n) is 16.7. The summed E-state index contributed by atoms with van der Waals surface area (Å²) in [6.45, 7) is 2.05. The Morgan fingerprint density at radius 2 is 1.35 bits per heavy atom. The summed E-state index contributed by atoms with van der Waals surface area (Å²) in [4.78, 5) is 42.1. The van der Waals surface area contributed by atoms with Crippen molar-refractivity contribution in [3.8, 4) is 0 Å². The molecule has 1 fully saturated rings. The summed E-state index contributed by atoms with van der Waals surface area (Å²) < 4.78 is 0.784. The van der Waals surface area contributed by atoms with Crippen LogP contribution in [0.3, 0.4) is 0 Å². The standard InChI is InChI=1S/C26H18BrNO3/c1-25-17-9-2-4-11-19(17)26(14-29,20-12-5-3-10-18(20)25)22-21(25)23(30)28(24(22)31)16-8-6-7-15(27)13-16/h2-14,21-22H,1H3/t21-,22+,25?,26?/m1/s1. The van der Waals surface area contributed by atoms with Gasteiger partial charge in [-0.05, 0) is 40.5 Å². The van der Waals surface area contributed by atoms with Gasteiger partial charge < -0.3 is 4.79 Å². The fourth-order valence-electron chi connectivity index (χ4n) is 6.33. The van der Waals surface area contributed by atoms with E-state index in [-0.39, 0.29) is 11.8 Å². The summed E-state index contributed by atoms with van der Waals surface area (Å²) in [5.74, 6) is -1.97. The van der Waals surface area contributed by atoms with Gasteiger partial charge in [0, 0.05) is 9.89 Å². The van der Waals surface area contributed by atoms with Crippen molar-refractivity contribution in [2.45, 2.75) is 17.8 Å². The molecule has 152 valence electrons. The van der Waals surface area contributed by atoms with Crippen molar-refractivity contribution in [1.29, 1.82) is 0 Å². The second kappa shape index (κ2) is 6.01. The summed E-state index contributed by atoms with van der Waals surface area (Å²) in [5, 5.41) is 0. The number of hydrogen-bond acceptors (Lipinski definition) is 3. The van der Waals surface area contributed by atoms with Gasteiger partial charge in [0.05, 0.1) is 22.9 Å². The van der Waals surface area contributed by atoms with Gasteiger partial charge in [-0.1, -0.05) is 77.5 Å². The molecule has 1 heterocycles. The molecule has 5 heteroatoms. The Hall–Kier alpha value is -3.05. The molecule has 3 aromatic carbocycles. The van der Waals surface area contributed by atoms with Crippen LogP contribution in [-0.4, -0.2) is 18.1 Å². The number of carbonyl (C=O) groups excluding carboxylic acids is 3. The Balaban J connectivity index is 1.70. The Morgan fingerprint density at radius 3 is 1.90 bits per heavy atom. The zero-order valence-corrected chi connectivity index (χ0v) is 18.3. The highest BCUT2D eigenvalue weighted by atomic mass is 79.9. The predicted octanol–water partition coefficient (Wildman–Crippen LogP) is 4.37. The SMILES string of the molecule is CC12c3ccccc3C(C=O)(c3ccccc31)[C@@H]1C(=O)N(c3cccc(Br)c3)C(=O)[C@@H]12. The molecule has 2 amide bonds. The highest BCUT2D eigenvalue weighted by Crippen LogP contribution is 2.66. The third kappa shape index (κ3) is 1.98. The summed E-state index contributed by atoms with van der Waals surface area (Å²) in [6.07, 6.45) is 0.899. The normalized spacial score (nSPS) is 30.1. The van der Waals surface area contributed by atoms with Gasteiger partial charge in [0.1, 0.15) is 6.29 Å². The maximum absolute atomic E-state index is 13.9. The number of hydrogen-bond donors (Lipinski definition) is 0. The molecule has 3 aliphatic carbocycles. The number of nitrogens with zero attached hydrogens (tertiary/aromatic N) is 1. The van der Waals surface area contributed by atoms with Gasteiger partial charge in [0.25, 0.3) is 0 Å². The smallest absolute Gasteiger partial charge is 0.239 e. The second-order valence-electron chi connectivity index (χ2n) is 8.73. The molecule has 0 aromatic heterocycles. The lowest BCUT2D eigenvalue weighted by Gasteiger charge is -2.56. The number of amides is 2. The lowest BCUT2D eigenvalue weighted by atomic mass is 9.42. The van der Waals surface area contributed by atoms with E-state index in [1.165, 1.54) is 4.90 Å². The van der Waals surface area contributed by atoms with Gasteiger partial charge in [-0.3, -0.25) is 9.59 Å². The van der Waals surface area contributed by atoms with Crippen LogP contribution in [0.5, 0.6) is 0 Å². The highest BCUT2D eigenvalue weighted by molar-refractivity contribution is 9.10. The lowest BCUT2D eigenvalue weighted by molar-refractivity contribution is -0.129. The van der Waals surface area contributed by atoms with Gasteiger partial charge in [-0.25, -0.2) is 4.90 Å². The minimum absolute atomic E-state index is 0.245. The van der Waals surface area contributed by atoms with Crippen molar-refractivity contribution < 1.29 is 14.4 Å². The molecule has 0 spiro atoms. The summed E-state index contributed by atoms with van der Waals surface area (Å²) in [5.41, 5.74) is 2.24. The number of halogens is 1. The van der Waals surface area contributed by atoms with E-state index in [0.29, 0.717) is 5.69 Å². The van der Waals surface area contributed by atoms with Crippen LogP contribution in [0.1, 0.15) is 29.2 Å². The predicted molar refractivity (Wildman–Crippen MR) is 120 cm³/mol. The molecule has 2 atom stereocenters. The average Bonchev–Trinajstić information content (AvgIpc) is 3.06. The minimum Gasteiger partial charge on any atom is -0.302 e. The van der Waals surface area contributed by atoms with Crippen molar-refractivity contribution in [3.05, 3.63) is 99.5 Å². The number of imide groups is 1. The number of benzene rings is 3. The van der Waals surface area contributed by atoms with Crippen molar-refractivity contribution in [2.24, 2.45) is 11.8 Å². The number of carbonyl (C=O) groups is 3. The van der Waals surface area contributed by atoms with Crippen LogP contribution >= 0.6 is 15.9 Å². The van der Waals surface area contributed by atoms with E-state index in [2.05, 4.69) is 15.9 Å². The first kappa shape index (κ1) is 18.7. The van der Waals surface area contributed by atoms with Gasteiger partial charge in [-0.15, -0.1) is 0 Å². The Morgan fingerprint density at radius 1 is 0.806 bits per heavy atom. The first-order chi connectivity index (χ1) is 15.0. The molecular formula is C26H18BrNO3. The average molecular weight is 472 g/mol. The molecule has 3 aromatic rings. The molecule has 7 rings (SSSR count). The van der Waals surface area contributed by atoms with Crippen LogP contribution in [-0.2, 0) is 25.2 Å². The van der Waals surface area contributed by atoms with Crippen molar-refractivity contribution in [1.82, 2.24) is 0 Å². The summed E-state index contributed by atoms with van der Waals surface area (Å²) in [6, 6.07) is 22.7. The van der Waals surface area contributed by atoms with Gasteiger partial charge in [0.15, 0.2) is 0 Å². The highest BCUT2D eigenvalue weighted by Gasteiger charge is 2.72. The van der Waals surface area contributed by atoms with Crippen molar-refractivity contribution >= 4 is 39.7 Å². The van der Waals surface area contributed by atoms with E-state index in [4.69, 9.17) is 0 Å². The molecule has 0 N–H and O–H groups in total. The quantitative estimate of drug-likeness (QED) is 0.411. The van der Waals surface area contributed by atoms with E-state index >= 15 is 0 Å². The van der Waals surface area contributed by atoms with E-state index < -0.39 is 22.7 Å². The lowest BCUT2D eigenvalue weighted by Crippen LogP contribution is -2.61. The number of anilines is 1. The fourth-order valence-corrected chi connectivity index (χ4v) is 6.72. The first-order valence-corrected chi connectivity index (χ1v) is 11.0. The molecule has 0 radical (unpaired) electrons. The van der Waals surface area contributed by atoms with Crippen molar-refractivity contribution in [2.75, 3.05) is 4.90 Å². The fraction of sp³-hybridized carbons (Fsp3) is 0.192. The third-order valence-corrected chi connectivity index (χ3v) is 8.03. The van der Waals surface area contributed by atoms with E-state index in [1.807, 2.05) is 61.5 Å². The maximum Gasteiger partial charge on any atom is 0.239 e. The van der Waals surface area contributed by atoms with Crippen LogP contribution in [0.4, 0.5) is 5.69 Å². The Kier molecular flexibility index (Phi) is 3.63. The van der Waals surface area contributed by atoms with Gasteiger partial charge in [-0.2, -0.15) is 0 Å². The Labute approximate surface area is 188 Å². The van der Waals surface area contributed by atoms with Gasteiger partial charge >= 0.3 is 0 Å². The molecule has 0 unspecified atom stereocenters. The van der Waals surface area contributed by atoms with E-state index in [1.54, 1.807) is 18.2 Å². The zero-order chi connectivity index (χ0) is 21.5. The molecule has 1 saturated heterocycles. The maximum atomic E-state index is 13.9. The van der Waals surface area contributed by atoms with E-state index in [0.717, 1.165) is 33.0 Å². The van der Waals surface area contributed by atoms with E-state index in [9.17, 15) is 14.4 Å². The van der Waals surface area contributed by atoms with Crippen LogP contribution in [0.2, 0.25) is 0 Å². The molecule has 4 aliphatic rings. The summed E-state index contributed by atoms with van der Waals surface area (Å²) in [7, 11) is 0. The van der Waals surface area contributed by atoms with Crippen LogP contribution in [0.25, 0.3) is 0 Å². The van der Waals surface area contributed by atoms with Crippen LogP contribution < -0.4 is 4.90 Å². The van der Waals surface area contributed by atoms with Crippen LogP contribution in [0, 0.1) is 11.8 Å². The molecule has 2 bridgehead atoms. The summed E-state index contributed by atoms with van der Waals surface area (Å²) >= 11 is 3.44. The van der Waals surface area contributed by atoms with Crippen LogP contribution in [0.15, 0.2) is 77.3 Å². The molecule has 4 nitrogen and oxygen atoms in total. The largest absolute Gasteiger partial charge is 0.302 e. The molecule has 1 aliphatic heterocycles. The topological polar surface area (TPSA) is 54.5 Å². The Bertz CT molecular complexity index is 1270. The number of rotatable bonds is 2. The first-order valence-electron chi connectivity index (χ1n) is 10.3. The van der Waals surface area contributed by atoms with Crippen molar-refractivity contribution in [3.63, 3.8) is 0 Å².